The van der Waals surface area contributed by atoms with Crippen LogP contribution < -0.4 is 5.32 Å². The van der Waals surface area contributed by atoms with Crippen molar-refractivity contribution in [3.05, 3.63) is 28.8 Å². The van der Waals surface area contributed by atoms with Gasteiger partial charge in [-0.3, -0.25) is 0 Å². The molecule has 0 unspecified atom stereocenters. The summed E-state index contributed by atoms with van der Waals surface area (Å²) in [5.74, 6) is -1.91. The molecule has 7 heteroatoms. The Bertz CT molecular complexity index is 354. The number of benzene rings is 1. The van der Waals surface area contributed by atoms with E-state index in [2.05, 4.69) is 5.32 Å². The highest BCUT2D eigenvalue weighted by atomic mass is 35.5. The second-order valence-electron chi connectivity index (χ2n) is 3.04. The van der Waals surface area contributed by atoms with E-state index in [9.17, 15) is 22.0 Å². The van der Waals surface area contributed by atoms with Crippen LogP contribution in [0.15, 0.2) is 12.1 Å². The van der Waals surface area contributed by atoms with E-state index >= 15 is 0 Å². The van der Waals surface area contributed by atoms with Crippen molar-refractivity contribution in [2.75, 3.05) is 11.9 Å². The zero-order valence-electron chi connectivity index (χ0n) is 7.84. The van der Waals surface area contributed by atoms with Gasteiger partial charge in [-0.25, -0.2) is 8.78 Å². The Morgan fingerprint density at radius 1 is 1.19 bits per heavy atom. The largest absolute Gasteiger partial charge is 0.390 e. The van der Waals surface area contributed by atoms with E-state index in [1.54, 1.807) is 0 Å². The minimum Gasteiger partial charge on any atom is -0.381 e. The predicted molar refractivity (Wildman–Crippen MR) is 50.5 cm³/mol. The third-order valence-electron chi connectivity index (χ3n) is 1.72. The van der Waals surface area contributed by atoms with Crippen molar-refractivity contribution in [1.82, 2.24) is 0 Å². The molecule has 0 radical (unpaired) electrons. The van der Waals surface area contributed by atoms with Gasteiger partial charge in [0.15, 0.2) is 5.82 Å². The van der Waals surface area contributed by atoms with E-state index in [0.717, 1.165) is 6.07 Å². The molecule has 0 aliphatic rings. The predicted octanol–water partition coefficient (Wildman–Crippen LogP) is 3.98. The first-order valence-corrected chi connectivity index (χ1v) is 4.62. The monoisotopic (exact) mass is 259 g/mol. The first-order chi connectivity index (χ1) is 7.29. The van der Waals surface area contributed by atoms with Crippen molar-refractivity contribution >= 4 is 17.3 Å². The summed E-state index contributed by atoms with van der Waals surface area (Å²) in [6.07, 6.45) is -5.46. The average molecular weight is 260 g/mol. The second kappa shape index (κ2) is 4.86. The van der Waals surface area contributed by atoms with Gasteiger partial charge in [-0.05, 0) is 6.07 Å². The highest BCUT2D eigenvalue weighted by Crippen LogP contribution is 2.27. The Hall–Kier alpha value is -1.04. The van der Waals surface area contributed by atoms with Gasteiger partial charge < -0.3 is 5.32 Å². The summed E-state index contributed by atoms with van der Waals surface area (Å²) >= 11 is 5.46. The molecule has 0 amide bonds. The first-order valence-electron chi connectivity index (χ1n) is 4.25. The average Bonchev–Trinajstić information content (AvgIpc) is 2.07. The molecule has 0 bridgehead atoms. The number of hydrogen-bond acceptors (Lipinski definition) is 1. The quantitative estimate of drug-likeness (QED) is 0.810. The number of nitrogens with one attached hydrogen (secondary N) is 1. The van der Waals surface area contributed by atoms with Gasteiger partial charge in [-0.2, -0.15) is 13.2 Å². The molecule has 1 aromatic rings. The maximum Gasteiger partial charge on any atom is 0.390 e. The normalized spacial score (nSPS) is 11.6. The summed E-state index contributed by atoms with van der Waals surface area (Å²) < 4.78 is 61.0. The van der Waals surface area contributed by atoms with Gasteiger partial charge in [-0.15, -0.1) is 0 Å². The van der Waals surface area contributed by atoms with Crippen LogP contribution >= 0.6 is 11.6 Å². The van der Waals surface area contributed by atoms with Crippen LogP contribution in [0.25, 0.3) is 0 Å². The molecule has 1 aromatic carbocycles. The number of anilines is 1. The molecule has 0 aliphatic carbocycles. The Morgan fingerprint density at radius 3 is 2.31 bits per heavy atom. The highest BCUT2D eigenvalue weighted by Gasteiger charge is 2.26. The fourth-order valence-corrected chi connectivity index (χ4v) is 1.30. The lowest BCUT2D eigenvalue weighted by Crippen LogP contribution is -2.15. The summed E-state index contributed by atoms with van der Waals surface area (Å²) in [6, 6.07) is 1.36. The minimum atomic E-state index is -4.34. The molecule has 0 fully saturated rings. The molecular weight excluding hydrogens is 253 g/mol. The number of rotatable bonds is 3. The van der Waals surface area contributed by atoms with E-state index in [0.29, 0.717) is 6.07 Å². The summed E-state index contributed by atoms with van der Waals surface area (Å²) in [4.78, 5) is 0. The van der Waals surface area contributed by atoms with E-state index in [4.69, 9.17) is 11.6 Å². The molecule has 0 atom stereocenters. The smallest absolute Gasteiger partial charge is 0.381 e. The molecule has 0 spiro atoms. The van der Waals surface area contributed by atoms with Gasteiger partial charge in [0, 0.05) is 12.6 Å². The van der Waals surface area contributed by atoms with Gasteiger partial charge >= 0.3 is 6.18 Å². The van der Waals surface area contributed by atoms with E-state index in [1.807, 2.05) is 0 Å². The van der Waals surface area contributed by atoms with Crippen LogP contribution in [0.2, 0.25) is 5.02 Å². The van der Waals surface area contributed by atoms with Gasteiger partial charge in [-0.1, -0.05) is 11.6 Å². The summed E-state index contributed by atoms with van der Waals surface area (Å²) in [5.41, 5.74) is -0.327. The lowest BCUT2D eigenvalue weighted by Gasteiger charge is -2.11. The van der Waals surface area contributed by atoms with Crippen molar-refractivity contribution in [2.45, 2.75) is 12.6 Å². The fraction of sp³-hybridized carbons (Fsp3) is 0.333. The molecule has 1 nitrogen and oxygen atoms in total. The third-order valence-corrected chi connectivity index (χ3v) is 2.02. The highest BCUT2D eigenvalue weighted by molar-refractivity contribution is 6.33. The van der Waals surface area contributed by atoms with Crippen LogP contribution in [0.1, 0.15) is 6.42 Å². The van der Waals surface area contributed by atoms with Crippen molar-refractivity contribution in [3.8, 4) is 0 Å². The molecule has 0 saturated carbocycles. The minimum absolute atomic E-state index is 0.292. The van der Waals surface area contributed by atoms with Crippen molar-refractivity contribution in [2.24, 2.45) is 0 Å². The number of alkyl halides is 3. The fourth-order valence-electron chi connectivity index (χ4n) is 1.04. The van der Waals surface area contributed by atoms with Crippen LogP contribution in [-0.4, -0.2) is 12.7 Å². The maximum absolute atomic E-state index is 13.1. The second-order valence-corrected chi connectivity index (χ2v) is 3.44. The van der Waals surface area contributed by atoms with Crippen LogP contribution in [-0.2, 0) is 0 Å². The van der Waals surface area contributed by atoms with E-state index < -0.39 is 30.8 Å². The van der Waals surface area contributed by atoms with Gasteiger partial charge in [0.25, 0.3) is 0 Å². The molecule has 1 N–H and O–H groups in total. The Kier molecular flexibility index (Phi) is 3.96. The van der Waals surface area contributed by atoms with Crippen LogP contribution in [0.4, 0.5) is 27.6 Å². The van der Waals surface area contributed by atoms with Gasteiger partial charge in [0.05, 0.1) is 17.1 Å². The standard InChI is InChI=1S/C9H7ClF5N/c10-6-3-5(11)4-7(12)8(6)16-2-1-9(13,14)15/h3-4,16H,1-2H2. The van der Waals surface area contributed by atoms with Crippen LogP contribution in [0.5, 0.6) is 0 Å². The lowest BCUT2D eigenvalue weighted by atomic mass is 10.3. The van der Waals surface area contributed by atoms with Gasteiger partial charge in [0.2, 0.25) is 0 Å². The Morgan fingerprint density at radius 2 is 1.81 bits per heavy atom. The lowest BCUT2D eigenvalue weighted by molar-refractivity contribution is -0.131. The molecule has 1 rings (SSSR count). The van der Waals surface area contributed by atoms with Crippen molar-refractivity contribution < 1.29 is 22.0 Å². The van der Waals surface area contributed by atoms with Crippen LogP contribution in [0, 0.1) is 11.6 Å². The molecule has 90 valence electrons. The SMILES string of the molecule is Fc1cc(F)c(NCCC(F)(F)F)c(Cl)c1. The Labute approximate surface area is 93.2 Å². The summed E-state index contributed by atoms with van der Waals surface area (Å²) in [6.45, 7) is -0.522. The summed E-state index contributed by atoms with van der Waals surface area (Å²) in [7, 11) is 0. The maximum atomic E-state index is 13.1. The number of halogens is 6. The molecular formula is C9H7ClF5N. The zero-order chi connectivity index (χ0) is 12.3. The third kappa shape index (κ3) is 3.84. The zero-order valence-corrected chi connectivity index (χ0v) is 8.59. The topological polar surface area (TPSA) is 12.0 Å². The van der Waals surface area contributed by atoms with Crippen molar-refractivity contribution in [1.29, 1.82) is 0 Å². The molecule has 0 heterocycles. The molecule has 0 aromatic heterocycles. The van der Waals surface area contributed by atoms with Crippen molar-refractivity contribution in [3.63, 3.8) is 0 Å². The van der Waals surface area contributed by atoms with Gasteiger partial charge in [0.1, 0.15) is 5.82 Å². The molecule has 0 saturated heterocycles. The van der Waals surface area contributed by atoms with E-state index in [-0.39, 0.29) is 10.7 Å². The Balaban J connectivity index is 2.68. The summed E-state index contributed by atoms with van der Waals surface area (Å²) in [5, 5.41) is 1.88. The molecule has 16 heavy (non-hydrogen) atoms. The van der Waals surface area contributed by atoms with Crippen LogP contribution in [0.3, 0.4) is 0 Å². The molecule has 0 aliphatic heterocycles. The first kappa shape index (κ1) is 13.0. The van der Waals surface area contributed by atoms with E-state index in [1.165, 1.54) is 0 Å². The number of hydrogen-bond donors (Lipinski definition) is 1.